The number of hydrogen-bond donors (Lipinski definition) is 1. The number of anilines is 1. The second kappa shape index (κ2) is 9.30. The van der Waals surface area contributed by atoms with Crippen molar-refractivity contribution in [3.8, 4) is 0 Å². The lowest BCUT2D eigenvalue weighted by molar-refractivity contribution is -0.142. The van der Waals surface area contributed by atoms with Crippen LogP contribution in [0.2, 0.25) is 0 Å². The summed E-state index contributed by atoms with van der Waals surface area (Å²) in [6.07, 6.45) is 2.86. The molecule has 3 aromatic rings. The smallest absolute Gasteiger partial charge is 0.311 e. The molecular formula is C22H27N5O4S2. The molecule has 0 unspecified atom stereocenters. The molecule has 1 amide bonds. The molecule has 1 aliphatic carbocycles. The molecule has 0 saturated heterocycles. The van der Waals surface area contributed by atoms with Gasteiger partial charge in [0.05, 0.1) is 24.1 Å². The Hall–Kier alpha value is -2.66. The molecule has 33 heavy (non-hydrogen) atoms. The summed E-state index contributed by atoms with van der Waals surface area (Å²) in [5.74, 6) is -0.241. The van der Waals surface area contributed by atoms with Crippen molar-refractivity contribution in [3.63, 3.8) is 0 Å². The lowest BCUT2D eigenvalue weighted by Gasteiger charge is -2.33. The summed E-state index contributed by atoms with van der Waals surface area (Å²) < 4.78 is 6.01. The van der Waals surface area contributed by atoms with Gasteiger partial charge in [0.2, 0.25) is 5.91 Å². The van der Waals surface area contributed by atoms with Gasteiger partial charge in [-0.15, -0.1) is 27.8 Å². The Morgan fingerprint density at radius 1 is 1.33 bits per heavy atom. The molecule has 0 radical (unpaired) electrons. The third kappa shape index (κ3) is 5.14. The van der Waals surface area contributed by atoms with E-state index in [0.29, 0.717) is 33.6 Å². The number of carbonyl (C=O) groups is 2. The molecule has 3 heterocycles. The summed E-state index contributed by atoms with van der Waals surface area (Å²) in [7, 11) is 0. The Bertz CT molecular complexity index is 1250. The van der Waals surface area contributed by atoms with Gasteiger partial charge in [0.15, 0.2) is 9.96 Å². The summed E-state index contributed by atoms with van der Waals surface area (Å²) in [4.78, 5) is 43.3. The number of rotatable bonds is 6. The molecule has 1 N–H and O–H groups in total. The normalized spacial score (nSPS) is 15.9. The standard InChI is InChI=1S/C22H27N5O4S2/c1-5-31-17(29)9-13-11-32-21(23-13)24-16(28)10-27-20(30)18-14-7-6-12(22(2,3)4)8-15(14)33-19(18)25-26-27/h11-12H,5-10H2,1-4H3,(H,23,24,28)/t12-/m0/s1. The van der Waals surface area contributed by atoms with Gasteiger partial charge in [0.25, 0.3) is 5.56 Å². The van der Waals surface area contributed by atoms with Crippen LogP contribution in [0.4, 0.5) is 5.13 Å². The van der Waals surface area contributed by atoms with Crippen LogP contribution in [0.5, 0.6) is 0 Å². The van der Waals surface area contributed by atoms with E-state index in [1.807, 2.05) is 0 Å². The molecule has 0 fully saturated rings. The van der Waals surface area contributed by atoms with E-state index in [4.69, 9.17) is 4.74 Å². The Morgan fingerprint density at radius 2 is 2.12 bits per heavy atom. The molecule has 1 aliphatic rings. The summed E-state index contributed by atoms with van der Waals surface area (Å²) in [6, 6.07) is 0. The molecule has 0 saturated carbocycles. The number of nitrogens with zero attached hydrogens (tertiary/aromatic N) is 4. The van der Waals surface area contributed by atoms with Gasteiger partial charge in [-0.2, -0.15) is 0 Å². The summed E-state index contributed by atoms with van der Waals surface area (Å²) in [5, 5.41) is 13.5. The third-order valence-corrected chi connectivity index (χ3v) is 7.83. The van der Waals surface area contributed by atoms with E-state index < -0.39 is 5.91 Å². The first-order chi connectivity index (χ1) is 15.7. The molecule has 0 aliphatic heterocycles. The number of carbonyl (C=O) groups excluding carboxylic acids is 2. The van der Waals surface area contributed by atoms with Crippen molar-refractivity contribution < 1.29 is 14.3 Å². The highest BCUT2D eigenvalue weighted by Gasteiger charge is 2.32. The molecule has 1 atom stereocenters. The third-order valence-electron chi connectivity index (χ3n) is 5.89. The van der Waals surface area contributed by atoms with E-state index in [0.717, 1.165) is 29.5 Å². The van der Waals surface area contributed by atoms with Crippen molar-refractivity contribution in [2.75, 3.05) is 11.9 Å². The van der Waals surface area contributed by atoms with Gasteiger partial charge in [0, 0.05) is 10.3 Å². The Labute approximate surface area is 199 Å². The van der Waals surface area contributed by atoms with E-state index in [1.165, 1.54) is 16.2 Å². The van der Waals surface area contributed by atoms with Crippen LogP contribution in [0, 0.1) is 11.3 Å². The second-order valence-corrected chi connectivity index (χ2v) is 11.2. The molecule has 0 bridgehead atoms. The first kappa shape index (κ1) is 23.5. The van der Waals surface area contributed by atoms with Crippen LogP contribution < -0.4 is 10.9 Å². The minimum atomic E-state index is -0.431. The van der Waals surface area contributed by atoms with Crippen LogP contribution in [0.3, 0.4) is 0 Å². The summed E-state index contributed by atoms with van der Waals surface area (Å²) in [5.41, 5.74) is 1.51. The second-order valence-electron chi connectivity index (χ2n) is 9.22. The molecule has 0 aromatic carbocycles. The SMILES string of the molecule is CCOC(=O)Cc1csc(NC(=O)Cn2nnc3sc4c(c3c2=O)CC[C@H](C(C)(C)C)C4)n1. The van der Waals surface area contributed by atoms with Crippen LogP contribution in [-0.2, 0) is 40.1 Å². The Balaban J connectivity index is 1.48. The largest absolute Gasteiger partial charge is 0.466 e. The van der Waals surface area contributed by atoms with Crippen LogP contribution in [-0.4, -0.2) is 38.5 Å². The average molecular weight is 490 g/mol. The number of aromatic nitrogens is 4. The number of ether oxygens (including phenoxy) is 1. The van der Waals surface area contributed by atoms with E-state index in [9.17, 15) is 14.4 Å². The monoisotopic (exact) mass is 489 g/mol. The maximum absolute atomic E-state index is 13.1. The number of thiazole rings is 1. The fraction of sp³-hybridized carbons (Fsp3) is 0.545. The number of nitrogens with one attached hydrogen (secondary N) is 1. The van der Waals surface area contributed by atoms with Crippen LogP contribution in [0.25, 0.3) is 10.2 Å². The van der Waals surface area contributed by atoms with Crippen molar-refractivity contribution in [1.82, 2.24) is 20.0 Å². The fourth-order valence-corrected chi connectivity index (χ4v) is 6.03. The Kier molecular flexibility index (Phi) is 6.62. The van der Waals surface area contributed by atoms with E-state index in [1.54, 1.807) is 23.6 Å². The minimum Gasteiger partial charge on any atom is -0.466 e. The number of amides is 1. The maximum Gasteiger partial charge on any atom is 0.311 e. The van der Waals surface area contributed by atoms with Gasteiger partial charge in [-0.05, 0) is 43.1 Å². The lowest BCUT2D eigenvalue weighted by atomic mass is 9.72. The van der Waals surface area contributed by atoms with Crippen molar-refractivity contribution in [1.29, 1.82) is 0 Å². The number of esters is 1. The minimum absolute atomic E-state index is 0.0428. The molecule has 9 nitrogen and oxygen atoms in total. The van der Waals surface area contributed by atoms with Crippen molar-refractivity contribution in [2.24, 2.45) is 11.3 Å². The van der Waals surface area contributed by atoms with E-state index >= 15 is 0 Å². The van der Waals surface area contributed by atoms with Crippen molar-refractivity contribution in [2.45, 2.75) is 59.9 Å². The molecule has 11 heteroatoms. The lowest BCUT2D eigenvalue weighted by Crippen LogP contribution is -2.31. The summed E-state index contributed by atoms with van der Waals surface area (Å²) >= 11 is 2.75. The number of thiophene rings is 1. The number of fused-ring (bicyclic) bond motifs is 3. The molecule has 176 valence electrons. The first-order valence-corrected chi connectivity index (χ1v) is 12.6. The highest BCUT2D eigenvalue weighted by Crippen LogP contribution is 2.41. The van der Waals surface area contributed by atoms with Gasteiger partial charge in [0.1, 0.15) is 6.54 Å². The van der Waals surface area contributed by atoms with Gasteiger partial charge in [-0.1, -0.05) is 26.0 Å². The zero-order valence-corrected chi connectivity index (χ0v) is 20.8. The quantitative estimate of drug-likeness (QED) is 0.529. The highest BCUT2D eigenvalue weighted by molar-refractivity contribution is 7.18. The van der Waals surface area contributed by atoms with Crippen LogP contribution in [0.1, 0.15) is 50.3 Å². The van der Waals surface area contributed by atoms with Crippen LogP contribution >= 0.6 is 22.7 Å². The molecular weight excluding hydrogens is 462 g/mol. The average Bonchev–Trinajstić information content (AvgIpc) is 3.33. The zero-order valence-electron chi connectivity index (χ0n) is 19.1. The molecule has 0 spiro atoms. The van der Waals surface area contributed by atoms with Gasteiger partial charge in [-0.25, -0.2) is 9.67 Å². The topological polar surface area (TPSA) is 116 Å². The van der Waals surface area contributed by atoms with E-state index in [-0.39, 0.29) is 29.9 Å². The number of hydrogen-bond acceptors (Lipinski definition) is 9. The fourth-order valence-electron chi connectivity index (χ4n) is 4.07. The van der Waals surface area contributed by atoms with Crippen molar-refractivity contribution in [3.05, 3.63) is 31.9 Å². The first-order valence-electron chi connectivity index (χ1n) is 10.9. The van der Waals surface area contributed by atoms with Crippen molar-refractivity contribution >= 4 is 49.9 Å². The predicted molar refractivity (Wildman–Crippen MR) is 128 cm³/mol. The zero-order chi connectivity index (χ0) is 23.8. The van der Waals surface area contributed by atoms with Gasteiger partial charge in [-0.3, -0.25) is 14.4 Å². The molecule has 4 rings (SSSR count). The van der Waals surface area contributed by atoms with Gasteiger partial charge < -0.3 is 10.1 Å². The Morgan fingerprint density at radius 3 is 2.85 bits per heavy atom. The predicted octanol–water partition coefficient (Wildman–Crippen LogP) is 3.20. The number of aryl methyl sites for hydroxylation is 1. The summed E-state index contributed by atoms with van der Waals surface area (Å²) in [6.45, 7) is 8.54. The maximum atomic E-state index is 13.1. The molecule has 3 aromatic heterocycles. The van der Waals surface area contributed by atoms with Gasteiger partial charge >= 0.3 is 5.97 Å². The van der Waals surface area contributed by atoms with E-state index in [2.05, 4.69) is 41.4 Å². The van der Waals surface area contributed by atoms with Crippen LogP contribution in [0.15, 0.2) is 10.2 Å². The highest BCUT2D eigenvalue weighted by atomic mass is 32.1.